The minimum atomic E-state index is -2.73. The van der Waals surface area contributed by atoms with Crippen molar-refractivity contribution in [3.63, 3.8) is 0 Å². The first kappa shape index (κ1) is 39.6. The Balaban J connectivity index is 1.41. The van der Waals surface area contributed by atoms with Crippen molar-refractivity contribution in [3.8, 4) is 11.5 Å². The van der Waals surface area contributed by atoms with Crippen LogP contribution in [0.3, 0.4) is 0 Å². The van der Waals surface area contributed by atoms with Crippen molar-refractivity contribution >= 4 is 37.4 Å². The van der Waals surface area contributed by atoms with E-state index in [1.165, 1.54) is 0 Å². The summed E-state index contributed by atoms with van der Waals surface area (Å²) >= 11 is 0. The van der Waals surface area contributed by atoms with Crippen LogP contribution in [-0.2, 0) is 0 Å². The Hall–Kier alpha value is -5.05. The van der Waals surface area contributed by atoms with Gasteiger partial charge in [-0.05, 0) is 162 Å². The number of aliphatic imine (C=N–C) groups is 2. The number of aromatic nitrogens is 2. The van der Waals surface area contributed by atoms with Crippen molar-refractivity contribution in [1.29, 1.82) is 0 Å². The third-order valence-corrected chi connectivity index (χ3v) is 11.7. The van der Waals surface area contributed by atoms with Crippen LogP contribution < -0.4 is 4.74 Å². The van der Waals surface area contributed by atoms with E-state index in [0.29, 0.717) is 56.8 Å². The standard InChI is InChI=1S/C44H48B2F4N4O/c1-13-37-27(7)41(51-29(37)9)39(43-25(5)23(3)31(11)53(43)45(47)48)33-15-19-35(20-16-33)55-36-21-17-34(18-22-36)40(42-28(8)38(14-2)30(10)52-42)44-26(6)24(4)32(12)54(44)46(49)50/h15-22H,13-14H2,1-12H3/b41-39-,42-40-. The van der Waals surface area contributed by atoms with Crippen LogP contribution in [0.4, 0.5) is 17.3 Å². The number of rotatable bonds is 10. The molecule has 0 aliphatic carbocycles. The molecular formula is C44H48B2F4N4O. The maximum absolute atomic E-state index is 14.7. The molecule has 0 N–H and O–H groups in total. The van der Waals surface area contributed by atoms with E-state index in [0.717, 1.165) is 88.9 Å². The lowest BCUT2D eigenvalue weighted by molar-refractivity contribution is 0.482. The van der Waals surface area contributed by atoms with Crippen LogP contribution in [-0.4, -0.2) is 35.2 Å². The lowest BCUT2D eigenvalue weighted by Crippen LogP contribution is -2.18. The highest BCUT2D eigenvalue weighted by molar-refractivity contribution is 6.42. The third kappa shape index (κ3) is 6.70. The largest absolute Gasteiger partial charge is 0.677 e. The van der Waals surface area contributed by atoms with Crippen LogP contribution in [0.5, 0.6) is 11.5 Å². The molecule has 4 aromatic rings. The van der Waals surface area contributed by atoms with Crippen molar-refractivity contribution in [2.45, 2.75) is 95.9 Å². The molecule has 0 atom stereocenters. The summed E-state index contributed by atoms with van der Waals surface area (Å²) in [5.74, 6) is 1.10. The van der Waals surface area contributed by atoms with E-state index >= 15 is 0 Å². The van der Waals surface area contributed by atoms with E-state index in [1.807, 2.05) is 104 Å². The van der Waals surface area contributed by atoms with Crippen LogP contribution in [0.15, 0.2) is 92.2 Å². The molecular weight excluding hydrogens is 698 g/mol. The Labute approximate surface area is 323 Å². The highest BCUT2D eigenvalue weighted by Crippen LogP contribution is 2.43. The Bertz CT molecular complexity index is 2240. The molecule has 0 radical (unpaired) electrons. The number of hydrogen-bond acceptors (Lipinski definition) is 3. The number of hydrogen-bond donors (Lipinski definition) is 0. The van der Waals surface area contributed by atoms with Gasteiger partial charge in [0.25, 0.3) is 0 Å². The second kappa shape index (κ2) is 15.2. The van der Waals surface area contributed by atoms with Crippen molar-refractivity contribution in [2.24, 2.45) is 9.98 Å². The summed E-state index contributed by atoms with van der Waals surface area (Å²) in [5.41, 5.74) is 15.4. The zero-order valence-corrected chi connectivity index (χ0v) is 33.9. The first-order valence-corrected chi connectivity index (χ1v) is 18.9. The van der Waals surface area contributed by atoms with Gasteiger partial charge in [0.1, 0.15) is 11.5 Å². The van der Waals surface area contributed by atoms with Crippen LogP contribution in [0.1, 0.15) is 111 Å². The Kier molecular flexibility index (Phi) is 11.0. The third-order valence-electron chi connectivity index (χ3n) is 11.7. The number of allylic oxidation sites excluding steroid dienone is 4. The Morgan fingerprint density at radius 1 is 0.527 bits per heavy atom. The molecule has 2 aromatic carbocycles. The Morgan fingerprint density at radius 2 is 0.855 bits per heavy atom. The minimum Gasteiger partial charge on any atom is -0.457 e. The second-order valence-electron chi connectivity index (χ2n) is 14.6. The van der Waals surface area contributed by atoms with Crippen molar-refractivity contribution in [3.05, 3.63) is 138 Å². The van der Waals surface area contributed by atoms with E-state index in [1.54, 1.807) is 13.8 Å². The van der Waals surface area contributed by atoms with Gasteiger partial charge in [-0.1, -0.05) is 38.1 Å². The molecule has 6 rings (SSSR count). The van der Waals surface area contributed by atoms with E-state index in [2.05, 4.69) is 13.8 Å². The lowest BCUT2D eigenvalue weighted by Gasteiger charge is -2.18. The first-order chi connectivity index (χ1) is 26.0. The molecule has 2 aromatic heterocycles. The average molecular weight is 747 g/mol. The molecule has 0 fully saturated rings. The van der Waals surface area contributed by atoms with Crippen LogP contribution in [0.2, 0.25) is 0 Å². The molecule has 2 aliphatic heterocycles. The predicted molar refractivity (Wildman–Crippen MR) is 221 cm³/mol. The molecule has 284 valence electrons. The van der Waals surface area contributed by atoms with Crippen LogP contribution in [0, 0.1) is 41.5 Å². The molecule has 0 spiro atoms. The second-order valence-corrected chi connectivity index (χ2v) is 14.6. The van der Waals surface area contributed by atoms with Gasteiger partial charge in [-0.25, -0.2) is 0 Å². The molecule has 0 amide bonds. The van der Waals surface area contributed by atoms with E-state index in [9.17, 15) is 17.3 Å². The van der Waals surface area contributed by atoms with Gasteiger partial charge in [0, 0.05) is 45.3 Å². The smallest absolute Gasteiger partial charge is 0.457 e. The van der Waals surface area contributed by atoms with Gasteiger partial charge >= 0.3 is 14.8 Å². The van der Waals surface area contributed by atoms with E-state index in [4.69, 9.17) is 14.7 Å². The lowest BCUT2D eigenvalue weighted by atomic mass is 9.92. The number of ether oxygens (including phenoxy) is 1. The summed E-state index contributed by atoms with van der Waals surface area (Å²) in [6.07, 6.45) is 1.57. The molecule has 55 heavy (non-hydrogen) atoms. The summed E-state index contributed by atoms with van der Waals surface area (Å²) in [6.45, 7) is 23.1. The SMILES string of the molecule is CCC1=C(C)/C(=C(\c2ccc(Oc3ccc(/C(=C4/N=C(C)C(CC)=C4C)c4c(C)c(C)c(C)n4B(F)F)cc3)cc2)c2c(C)c(C)c(C)n2B(F)F)N=C1C. The summed E-state index contributed by atoms with van der Waals surface area (Å²) in [4.78, 5) is 9.88. The molecule has 5 nitrogen and oxygen atoms in total. The van der Waals surface area contributed by atoms with Crippen LogP contribution >= 0.6 is 0 Å². The van der Waals surface area contributed by atoms with Gasteiger partial charge in [0.15, 0.2) is 0 Å². The topological polar surface area (TPSA) is 43.8 Å². The van der Waals surface area contributed by atoms with Gasteiger partial charge in [0.2, 0.25) is 0 Å². The summed E-state index contributed by atoms with van der Waals surface area (Å²) in [7, 11) is -5.45. The zero-order valence-electron chi connectivity index (χ0n) is 33.9. The van der Waals surface area contributed by atoms with Gasteiger partial charge < -0.3 is 13.7 Å². The maximum Gasteiger partial charge on any atom is 0.677 e. The fourth-order valence-corrected chi connectivity index (χ4v) is 8.34. The summed E-state index contributed by atoms with van der Waals surface area (Å²) in [6, 6.07) is 14.9. The Morgan fingerprint density at radius 3 is 1.13 bits per heavy atom. The molecule has 0 saturated carbocycles. The van der Waals surface area contributed by atoms with Gasteiger partial charge in [-0.2, -0.15) is 0 Å². The van der Waals surface area contributed by atoms with E-state index in [-0.39, 0.29) is 0 Å². The zero-order chi connectivity index (χ0) is 40.2. The number of halogens is 4. The van der Waals surface area contributed by atoms with Gasteiger partial charge in [-0.3, -0.25) is 27.2 Å². The first-order valence-electron chi connectivity index (χ1n) is 18.9. The van der Waals surface area contributed by atoms with Gasteiger partial charge in [-0.15, -0.1) is 0 Å². The van der Waals surface area contributed by atoms with Crippen molar-refractivity contribution in [2.75, 3.05) is 0 Å². The maximum atomic E-state index is 14.7. The van der Waals surface area contributed by atoms with Gasteiger partial charge in [0.05, 0.1) is 11.4 Å². The highest BCUT2D eigenvalue weighted by atomic mass is 19.2. The normalized spacial score (nSPS) is 16.3. The molecule has 4 heterocycles. The fourth-order valence-electron chi connectivity index (χ4n) is 8.34. The predicted octanol–water partition coefficient (Wildman–Crippen LogP) is 12.4. The van der Waals surface area contributed by atoms with Crippen molar-refractivity contribution in [1.82, 2.24) is 8.96 Å². The van der Waals surface area contributed by atoms with Crippen molar-refractivity contribution < 1.29 is 22.0 Å². The summed E-state index contributed by atoms with van der Waals surface area (Å²) in [5, 5.41) is 0. The molecule has 11 heteroatoms. The average Bonchev–Trinajstić information content (AvgIpc) is 3.76. The fraction of sp³-hybridized carbons (Fsp3) is 0.318. The minimum absolute atomic E-state index is 0.457. The number of nitrogens with zero attached hydrogens (tertiary/aromatic N) is 4. The molecule has 2 aliphatic rings. The van der Waals surface area contributed by atoms with Crippen LogP contribution in [0.25, 0.3) is 11.1 Å². The number of benzene rings is 2. The summed E-state index contributed by atoms with van der Waals surface area (Å²) < 4.78 is 67.4. The van der Waals surface area contributed by atoms with E-state index < -0.39 is 14.8 Å². The monoisotopic (exact) mass is 746 g/mol. The molecule has 0 saturated heterocycles. The highest BCUT2D eigenvalue weighted by Gasteiger charge is 2.33. The molecule has 0 bridgehead atoms. The quantitative estimate of drug-likeness (QED) is 0.118. The molecule has 0 unspecified atom stereocenters.